The Morgan fingerprint density at radius 2 is 1.52 bits per heavy atom. The number of benzene rings is 1. The molecule has 0 saturated carbocycles. The van der Waals surface area contributed by atoms with Gasteiger partial charge in [-0.05, 0) is 106 Å². The minimum atomic E-state index is -0.566. The summed E-state index contributed by atoms with van der Waals surface area (Å²) in [6, 6.07) is 6.25. The second kappa shape index (κ2) is 8.49. The molecular weight excluding hydrogens is 460 g/mol. The van der Waals surface area contributed by atoms with Gasteiger partial charge in [0.05, 0.1) is 10.1 Å². The number of halogens is 1. The normalized spacial score (nSPS) is 15.9. The van der Waals surface area contributed by atoms with Crippen LogP contribution in [-0.4, -0.2) is 45.9 Å². The minimum absolute atomic E-state index is 0.240. The molecule has 1 fully saturated rings. The first-order valence-electron chi connectivity index (χ1n) is 10.8. The maximum Gasteiger partial charge on any atom is 0.419 e. The van der Waals surface area contributed by atoms with E-state index in [2.05, 4.69) is 28.1 Å². The second-order valence-electron chi connectivity index (χ2n) is 10.2. The lowest BCUT2D eigenvalue weighted by Crippen LogP contribution is -2.41. The molecule has 1 aliphatic heterocycles. The van der Waals surface area contributed by atoms with Crippen LogP contribution in [0.5, 0.6) is 0 Å². The van der Waals surface area contributed by atoms with Crippen LogP contribution in [0.2, 0.25) is 0 Å². The Kier molecular flexibility index (Phi) is 6.47. The number of carbonyl (C=O) groups is 2. The third-order valence-corrected chi connectivity index (χ3v) is 6.31. The van der Waals surface area contributed by atoms with Crippen LogP contribution < -0.4 is 0 Å². The van der Waals surface area contributed by atoms with Crippen LogP contribution in [0, 0.1) is 6.92 Å². The second-order valence-corrected chi connectivity index (χ2v) is 11.0. The Labute approximate surface area is 193 Å². The van der Waals surface area contributed by atoms with Crippen molar-refractivity contribution in [1.29, 1.82) is 0 Å². The summed E-state index contributed by atoms with van der Waals surface area (Å²) in [5.41, 5.74) is 2.02. The van der Waals surface area contributed by atoms with Crippen LogP contribution in [0.3, 0.4) is 0 Å². The molecule has 6 nitrogen and oxygen atoms in total. The highest BCUT2D eigenvalue weighted by Crippen LogP contribution is 2.35. The van der Waals surface area contributed by atoms with E-state index in [4.69, 9.17) is 9.47 Å². The zero-order valence-electron chi connectivity index (χ0n) is 19.5. The third kappa shape index (κ3) is 5.43. The van der Waals surface area contributed by atoms with Crippen molar-refractivity contribution < 1.29 is 19.1 Å². The molecule has 0 radical (unpaired) electrons. The van der Waals surface area contributed by atoms with Gasteiger partial charge in [-0.1, -0.05) is 6.07 Å². The summed E-state index contributed by atoms with van der Waals surface area (Å²) in [5.74, 6) is 0.367. The summed E-state index contributed by atoms with van der Waals surface area (Å²) in [4.78, 5) is 26.9. The molecule has 1 aromatic heterocycles. The first kappa shape index (κ1) is 23.6. The van der Waals surface area contributed by atoms with Gasteiger partial charge in [0, 0.05) is 18.5 Å². The van der Waals surface area contributed by atoms with Crippen molar-refractivity contribution in [3.05, 3.63) is 33.9 Å². The number of piperidine rings is 1. The van der Waals surface area contributed by atoms with Crippen LogP contribution in [0.15, 0.2) is 22.8 Å². The maximum absolute atomic E-state index is 12.8. The molecule has 3 rings (SSSR count). The molecule has 0 unspecified atom stereocenters. The van der Waals surface area contributed by atoms with Crippen LogP contribution in [0.1, 0.15) is 71.4 Å². The largest absolute Gasteiger partial charge is 0.444 e. The highest BCUT2D eigenvalue weighted by atomic mass is 79.9. The van der Waals surface area contributed by atoms with Crippen molar-refractivity contribution in [2.24, 2.45) is 0 Å². The number of hydrogen-bond acceptors (Lipinski definition) is 4. The van der Waals surface area contributed by atoms with Gasteiger partial charge in [-0.3, -0.25) is 0 Å². The molecule has 1 aliphatic rings. The number of hydrogen-bond donors (Lipinski definition) is 0. The Bertz CT molecular complexity index is 990. The SMILES string of the molecule is Cc1c(Br)n(C(=O)OC(C)(C)C)c2ccc(C3CCN(C(=O)OC(C)(C)C)CC3)cc12. The minimum Gasteiger partial charge on any atom is -0.444 e. The van der Waals surface area contributed by atoms with E-state index in [0.29, 0.717) is 23.6 Å². The van der Waals surface area contributed by atoms with E-state index in [1.54, 1.807) is 9.47 Å². The van der Waals surface area contributed by atoms with Crippen LogP contribution in [0.25, 0.3) is 10.9 Å². The molecule has 2 aromatic rings. The van der Waals surface area contributed by atoms with Gasteiger partial charge in [0.25, 0.3) is 0 Å². The van der Waals surface area contributed by atoms with E-state index in [-0.39, 0.29) is 6.09 Å². The molecule has 0 bridgehead atoms. The van der Waals surface area contributed by atoms with Gasteiger partial charge in [-0.25, -0.2) is 14.2 Å². The van der Waals surface area contributed by atoms with Crippen molar-refractivity contribution in [2.75, 3.05) is 13.1 Å². The lowest BCUT2D eigenvalue weighted by atomic mass is 9.89. The number of likely N-dealkylation sites (tertiary alicyclic amines) is 1. The van der Waals surface area contributed by atoms with Crippen molar-refractivity contribution in [3.63, 3.8) is 0 Å². The summed E-state index contributed by atoms with van der Waals surface area (Å²) in [7, 11) is 0. The number of ether oxygens (including phenoxy) is 2. The molecule has 1 aromatic carbocycles. The van der Waals surface area contributed by atoms with Crippen molar-refractivity contribution >= 4 is 39.0 Å². The molecule has 0 N–H and O–H groups in total. The molecule has 0 atom stereocenters. The lowest BCUT2D eigenvalue weighted by Gasteiger charge is -2.33. The summed E-state index contributed by atoms with van der Waals surface area (Å²) >= 11 is 3.57. The van der Waals surface area contributed by atoms with Crippen LogP contribution >= 0.6 is 15.9 Å². The smallest absolute Gasteiger partial charge is 0.419 e. The fraction of sp³-hybridized carbons (Fsp3) is 0.583. The van der Waals surface area contributed by atoms with E-state index in [9.17, 15) is 9.59 Å². The Morgan fingerprint density at radius 1 is 0.968 bits per heavy atom. The summed E-state index contributed by atoms with van der Waals surface area (Å²) < 4.78 is 13.4. The molecule has 0 spiro atoms. The number of amides is 1. The monoisotopic (exact) mass is 492 g/mol. The van der Waals surface area contributed by atoms with E-state index in [1.807, 2.05) is 54.5 Å². The number of nitrogens with zero attached hydrogens (tertiary/aromatic N) is 2. The summed E-state index contributed by atoms with van der Waals surface area (Å²) in [6.45, 7) is 14.6. The maximum atomic E-state index is 12.8. The van der Waals surface area contributed by atoms with Gasteiger partial charge in [0.1, 0.15) is 11.2 Å². The third-order valence-electron chi connectivity index (χ3n) is 5.37. The van der Waals surface area contributed by atoms with E-state index in [0.717, 1.165) is 29.3 Å². The zero-order chi connectivity index (χ0) is 23.1. The Hall–Kier alpha value is -2.02. The molecule has 2 heterocycles. The summed E-state index contributed by atoms with van der Waals surface area (Å²) in [6.07, 6.45) is 1.14. The molecule has 1 amide bonds. The lowest BCUT2D eigenvalue weighted by molar-refractivity contribution is 0.0204. The Balaban J connectivity index is 1.79. The van der Waals surface area contributed by atoms with Gasteiger partial charge in [0.15, 0.2) is 0 Å². The first-order chi connectivity index (χ1) is 14.3. The van der Waals surface area contributed by atoms with E-state index in [1.165, 1.54) is 5.56 Å². The average molecular weight is 493 g/mol. The summed E-state index contributed by atoms with van der Waals surface area (Å²) in [5, 5.41) is 1.03. The number of rotatable bonds is 1. The number of aryl methyl sites for hydroxylation is 1. The van der Waals surface area contributed by atoms with Gasteiger partial charge in [-0.15, -0.1) is 0 Å². The number of carbonyl (C=O) groups excluding carboxylic acids is 2. The van der Waals surface area contributed by atoms with Gasteiger partial charge in [0.2, 0.25) is 0 Å². The predicted octanol–water partition coefficient (Wildman–Crippen LogP) is 6.61. The fourth-order valence-electron chi connectivity index (χ4n) is 3.90. The first-order valence-corrected chi connectivity index (χ1v) is 11.6. The molecule has 31 heavy (non-hydrogen) atoms. The van der Waals surface area contributed by atoms with Gasteiger partial charge >= 0.3 is 12.2 Å². The molecule has 0 aliphatic carbocycles. The number of fused-ring (bicyclic) bond motifs is 1. The van der Waals surface area contributed by atoms with Gasteiger partial charge in [-0.2, -0.15) is 0 Å². The molecular formula is C24H33BrN2O4. The average Bonchev–Trinajstić information content (AvgIpc) is 2.89. The highest BCUT2D eigenvalue weighted by molar-refractivity contribution is 9.10. The fourth-order valence-corrected chi connectivity index (χ4v) is 4.44. The van der Waals surface area contributed by atoms with Crippen LogP contribution in [0.4, 0.5) is 9.59 Å². The zero-order valence-corrected chi connectivity index (χ0v) is 21.1. The predicted molar refractivity (Wildman–Crippen MR) is 126 cm³/mol. The van der Waals surface area contributed by atoms with Crippen molar-refractivity contribution in [2.45, 2.75) is 78.4 Å². The Morgan fingerprint density at radius 3 is 2.06 bits per heavy atom. The number of aromatic nitrogens is 1. The highest BCUT2D eigenvalue weighted by Gasteiger charge is 2.28. The van der Waals surface area contributed by atoms with Crippen molar-refractivity contribution in [1.82, 2.24) is 9.47 Å². The van der Waals surface area contributed by atoms with Crippen LogP contribution in [-0.2, 0) is 9.47 Å². The molecule has 7 heteroatoms. The molecule has 170 valence electrons. The topological polar surface area (TPSA) is 60.8 Å². The van der Waals surface area contributed by atoms with Crippen molar-refractivity contribution in [3.8, 4) is 0 Å². The quantitative estimate of drug-likeness (QED) is 0.449. The molecule has 1 saturated heterocycles. The van der Waals surface area contributed by atoms with E-state index < -0.39 is 17.3 Å². The van der Waals surface area contributed by atoms with Gasteiger partial charge < -0.3 is 14.4 Å². The van der Waals surface area contributed by atoms with E-state index >= 15 is 0 Å². The standard InChI is InChI=1S/C24H33BrN2O4/c1-15-18-14-17(16-10-12-26(13-11-16)21(28)30-23(2,3)4)8-9-19(18)27(20(15)25)22(29)31-24(5,6)7/h8-9,14,16H,10-13H2,1-7H3.